The molecule has 2 fully saturated rings. The Morgan fingerprint density at radius 3 is 3.18 bits per heavy atom. The van der Waals surface area contributed by atoms with Crippen molar-refractivity contribution in [3.8, 4) is 0 Å². The number of hydrogen-bond acceptors (Lipinski definition) is 5. The molecule has 0 saturated carbocycles. The fourth-order valence-electron chi connectivity index (χ4n) is 3.04. The van der Waals surface area contributed by atoms with Crippen LogP contribution in [0.5, 0.6) is 0 Å². The van der Waals surface area contributed by atoms with Gasteiger partial charge in [-0.2, -0.15) is 8.75 Å². The third-order valence-electron chi connectivity index (χ3n) is 3.84. The molecule has 0 aliphatic carbocycles. The summed E-state index contributed by atoms with van der Waals surface area (Å²) >= 11 is 3.29. The lowest BCUT2D eigenvalue weighted by molar-refractivity contribution is 0.269. The van der Waals surface area contributed by atoms with Crippen molar-refractivity contribution in [3.63, 3.8) is 0 Å². The summed E-state index contributed by atoms with van der Waals surface area (Å²) in [5, 5.41) is 1.22. The second-order valence-corrected chi connectivity index (χ2v) is 6.68. The van der Waals surface area contributed by atoms with E-state index in [-0.39, 0.29) is 0 Å². The Hall–Kier alpha value is -0.130. The second kappa shape index (κ2) is 5.24. The summed E-state index contributed by atoms with van der Waals surface area (Å²) in [6.45, 7) is 6.03. The zero-order valence-corrected chi connectivity index (χ0v) is 11.9. The summed E-state index contributed by atoms with van der Waals surface area (Å²) in [5.41, 5.74) is 1.31. The van der Waals surface area contributed by atoms with Gasteiger partial charge in [0.1, 0.15) is 5.03 Å². The lowest BCUT2D eigenvalue weighted by Crippen LogP contribution is -2.25. The minimum Gasteiger partial charge on any atom is -0.302 e. The molecule has 1 aromatic heterocycles. The monoisotopic (exact) mass is 269 g/mol. The molecule has 0 spiro atoms. The van der Waals surface area contributed by atoms with Crippen molar-refractivity contribution in [1.82, 2.24) is 13.6 Å². The highest BCUT2D eigenvalue weighted by molar-refractivity contribution is 7.99. The van der Waals surface area contributed by atoms with Gasteiger partial charge in [0.25, 0.3) is 0 Å². The summed E-state index contributed by atoms with van der Waals surface area (Å²) in [6.07, 6.45) is 3.97. The average molecular weight is 269 g/mol. The van der Waals surface area contributed by atoms with Crippen molar-refractivity contribution in [2.75, 3.05) is 25.4 Å². The third-order valence-corrected chi connectivity index (χ3v) is 5.69. The Kier molecular flexibility index (Phi) is 3.68. The molecule has 0 aromatic carbocycles. The zero-order valence-electron chi connectivity index (χ0n) is 10.3. The molecule has 2 aliphatic heterocycles. The van der Waals surface area contributed by atoms with Gasteiger partial charge in [-0.3, -0.25) is 0 Å². The van der Waals surface area contributed by atoms with E-state index in [1.54, 1.807) is 0 Å². The van der Waals surface area contributed by atoms with Gasteiger partial charge in [0.15, 0.2) is 0 Å². The van der Waals surface area contributed by atoms with Crippen LogP contribution in [-0.2, 0) is 0 Å². The Labute approximate surface area is 111 Å². The summed E-state index contributed by atoms with van der Waals surface area (Å²) in [4.78, 5) is 2.60. The molecule has 0 N–H and O–H groups in total. The van der Waals surface area contributed by atoms with Gasteiger partial charge in [0.2, 0.25) is 0 Å². The molecule has 3 heterocycles. The highest BCUT2D eigenvalue weighted by Crippen LogP contribution is 2.41. The summed E-state index contributed by atoms with van der Waals surface area (Å²) < 4.78 is 9.08. The van der Waals surface area contributed by atoms with Crippen LogP contribution in [0, 0.1) is 5.92 Å². The predicted molar refractivity (Wildman–Crippen MR) is 72.8 cm³/mol. The number of aromatic nitrogens is 2. The number of hydrogen-bond donors (Lipinski definition) is 0. The van der Waals surface area contributed by atoms with Crippen LogP contribution >= 0.6 is 23.5 Å². The molecule has 1 aromatic rings. The van der Waals surface area contributed by atoms with Gasteiger partial charge in [-0.1, -0.05) is 6.92 Å². The maximum Gasteiger partial charge on any atom is 0.134 e. The molecule has 3 rings (SSSR count). The average Bonchev–Trinajstić information content (AvgIpc) is 2.91. The first-order chi connectivity index (χ1) is 8.38. The van der Waals surface area contributed by atoms with Gasteiger partial charge in [-0.15, -0.1) is 11.8 Å². The molecule has 2 aliphatic rings. The number of rotatable bonds is 4. The lowest BCUT2D eigenvalue weighted by atomic mass is 9.89. The van der Waals surface area contributed by atoms with E-state index < -0.39 is 0 Å². The van der Waals surface area contributed by atoms with Crippen LogP contribution < -0.4 is 0 Å². The molecular formula is C12H19N3S2. The zero-order chi connectivity index (χ0) is 11.7. The molecule has 17 heavy (non-hydrogen) atoms. The maximum absolute atomic E-state index is 4.59. The van der Waals surface area contributed by atoms with Gasteiger partial charge in [0, 0.05) is 19.0 Å². The van der Waals surface area contributed by atoms with Crippen LogP contribution in [0.2, 0.25) is 0 Å². The van der Waals surface area contributed by atoms with Crippen molar-refractivity contribution >= 4 is 23.5 Å². The number of thioether (sulfide) groups is 1. The largest absolute Gasteiger partial charge is 0.302 e. The topological polar surface area (TPSA) is 29.0 Å². The lowest BCUT2D eigenvalue weighted by Gasteiger charge is -2.21. The Balaban J connectivity index is 1.77. The van der Waals surface area contributed by atoms with Crippen LogP contribution in [0.25, 0.3) is 0 Å². The molecule has 3 nitrogen and oxygen atoms in total. The van der Waals surface area contributed by atoms with Crippen molar-refractivity contribution in [2.45, 2.75) is 37.1 Å². The fourth-order valence-corrected chi connectivity index (χ4v) is 4.66. The van der Waals surface area contributed by atoms with E-state index in [9.17, 15) is 0 Å². The van der Waals surface area contributed by atoms with Crippen molar-refractivity contribution < 1.29 is 0 Å². The van der Waals surface area contributed by atoms with Crippen LogP contribution in [-0.4, -0.2) is 39.0 Å². The fraction of sp³-hybridized carbons (Fsp3) is 0.833. The Bertz CT molecular complexity index is 380. The maximum atomic E-state index is 4.59. The highest BCUT2D eigenvalue weighted by atomic mass is 32.2. The van der Waals surface area contributed by atoms with E-state index in [0.29, 0.717) is 5.92 Å². The molecule has 1 unspecified atom stereocenters. The summed E-state index contributed by atoms with van der Waals surface area (Å²) in [6, 6.07) is 0. The molecular weight excluding hydrogens is 250 g/mol. The molecule has 2 saturated heterocycles. The van der Waals surface area contributed by atoms with Crippen molar-refractivity contribution in [3.05, 3.63) is 5.69 Å². The van der Waals surface area contributed by atoms with Crippen LogP contribution in [0.3, 0.4) is 0 Å². The van der Waals surface area contributed by atoms with E-state index >= 15 is 0 Å². The first kappa shape index (κ1) is 11.9. The predicted octanol–water partition coefficient (Wildman–Crippen LogP) is 2.85. The Morgan fingerprint density at radius 2 is 2.35 bits per heavy atom. The van der Waals surface area contributed by atoms with Gasteiger partial charge in [-0.05, 0) is 37.5 Å². The number of nitrogens with zero attached hydrogens (tertiary/aromatic N) is 3. The van der Waals surface area contributed by atoms with E-state index in [1.807, 2.05) is 11.8 Å². The molecule has 2 bridgehead atoms. The van der Waals surface area contributed by atoms with E-state index in [2.05, 4.69) is 20.6 Å². The Morgan fingerprint density at radius 1 is 1.41 bits per heavy atom. The smallest absolute Gasteiger partial charge is 0.134 e. The number of piperidine rings is 1. The third kappa shape index (κ3) is 2.37. The van der Waals surface area contributed by atoms with Crippen molar-refractivity contribution in [2.24, 2.45) is 5.92 Å². The van der Waals surface area contributed by atoms with Gasteiger partial charge >= 0.3 is 0 Å². The van der Waals surface area contributed by atoms with Gasteiger partial charge in [0.05, 0.1) is 17.4 Å². The van der Waals surface area contributed by atoms with Crippen LogP contribution in [0.4, 0.5) is 0 Å². The molecule has 94 valence electrons. The summed E-state index contributed by atoms with van der Waals surface area (Å²) in [5.74, 6) is 2.67. The van der Waals surface area contributed by atoms with E-state index in [4.69, 9.17) is 0 Å². The van der Waals surface area contributed by atoms with Crippen LogP contribution in [0.1, 0.15) is 37.8 Å². The van der Waals surface area contributed by atoms with E-state index in [0.717, 1.165) is 5.92 Å². The highest BCUT2D eigenvalue weighted by Gasteiger charge is 2.38. The molecule has 0 radical (unpaired) electrons. The number of fused-ring (bicyclic) bond motifs is 2. The van der Waals surface area contributed by atoms with Gasteiger partial charge in [-0.25, -0.2) is 0 Å². The normalized spacial score (nSPS) is 31.9. The first-order valence-corrected chi connectivity index (χ1v) is 8.27. The molecule has 3 atom stereocenters. The SMILES string of the molecule is CCCSc1nsnc1[C@@H]1CN2CCC[C@H]1C2. The quantitative estimate of drug-likeness (QED) is 0.786. The standard InChI is InChI=1S/C12H19N3S2/c1-2-6-16-12-11(13-17-14-12)10-8-15-5-3-4-9(10)7-15/h9-10H,2-8H2,1H3/t9-,10+/m0/s1. The van der Waals surface area contributed by atoms with E-state index in [1.165, 1.54) is 67.1 Å². The minimum absolute atomic E-state index is 0.663. The molecule has 5 heteroatoms. The van der Waals surface area contributed by atoms with Crippen LogP contribution in [0.15, 0.2) is 5.03 Å². The summed E-state index contributed by atoms with van der Waals surface area (Å²) in [7, 11) is 0. The van der Waals surface area contributed by atoms with Crippen molar-refractivity contribution in [1.29, 1.82) is 0 Å². The minimum atomic E-state index is 0.663. The first-order valence-electron chi connectivity index (χ1n) is 6.56. The second-order valence-electron chi connectivity index (χ2n) is 5.07. The molecule has 0 amide bonds. The van der Waals surface area contributed by atoms with Gasteiger partial charge < -0.3 is 4.90 Å².